The fourth-order valence-corrected chi connectivity index (χ4v) is 3.57. The number of anilines is 2. The summed E-state index contributed by atoms with van der Waals surface area (Å²) in [6.07, 6.45) is 3.71. The Hall–Kier alpha value is -4.20. The summed E-state index contributed by atoms with van der Waals surface area (Å²) in [5.41, 5.74) is 3.31. The van der Waals surface area contributed by atoms with E-state index in [0.717, 1.165) is 18.4 Å². The molecule has 5 rings (SSSR count). The van der Waals surface area contributed by atoms with Crippen LogP contribution in [0.25, 0.3) is 17.0 Å². The Labute approximate surface area is 190 Å². The monoisotopic (exact) mass is 441 g/mol. The summed E-state index contributed by atoms with van der Waals surface area (Å²) in [4.78, 5) is 24.8. The van der Waals surface area contributed by atoms with Crippen LogP contribution >= 0.6 is 0 Å². The van der Waals surface area contributed by atoms with Gasteiger partial charge in [-0.3, -0.25) is 14.0 Å². The van der Waals surface area contributed by atoms with Gasteiger partial charge in [0, 0.05) is 23.2 Å². The molecule has 0 radical (unpaired) electrons. The van der Waals surface area contributed by atoms with Gasteiger partial charge >= 0.3 is 0 Å². The third-order valence-electron chi connectivity index (χ3n) is 5.46. The fraction of sp³-hybridized carbons (Fsp3) is 0.200. The van der Waals surface area contributed by atoms with Crippen LogP contribution in [0.4, 0.5) is 11.4 Å². The molecule has 2 amide bonds. The molecule has 166 valence electrons. The molecule has 4 aromatic rings. The minimum absolute atomic E-state index is 0.0465. The molecule has 0 spiro atoms. The maximum absolute atomic E-state index is 12.7. The van der Waals surface area contributed by atoms with E-state index in [2.05, 4.69) is 20.8 Å². The van der Waals surface area contributed by atoms with Crippen molar-refractivity contribution in [3.8, 4) is 17.1 Å². The number of pyridine rings is 1. The van der Waals surface area contributed by atoms with E-state index in [4.69, 9.17) is 4.74 Å². The zero-order valence-corrected chi connectivity index (χ0v) is 18.1. The van der Waals surface area contributed by atoms with E-state index in [9.17, 15) is 9.59 Å². The van der Waals surface area contributed by atoms with Gasteiger partial charge in [0.15, 0.2) is 11.5 Å². The number of nitrogens with one attached hydrogen (secondary N) is 2. The largest absolute Gasteiger partial charge is 0.492 e. The van der Waals surface area contributed by atoms with Crippen LogP contribution < -0.4 is 15.4 Å². The number of hydrogen-bond donors (Lipinski definition) is 2. The zero-order chi connectivity index (χ0) is 22.8. The summed E-state index contributed by atoms with van der Waals surface area (Å²) in [6.45, 7) is 2.41. The fourth-order valence-electron chi connectivity index (χ4n) is 3.57. The number of carbonyl (C=O) groups is 2. The predicted molar refractivity (Wildman–Crippen MR) is 125 cm³/mol. The van der Waals surface area contributed by atoms with E-state index in [1.807, 2.05) is 60.0 Å². The number of nitrogens with zero attached hydrogens (tertiary/aromatic N) is 3. The quantitative estimate of drug-likeness (QED) is 0.443. The lowest BCUT2D eigenvalue weighted by Gasteiger charge is -2.11. The average Bonchev–Trinajstić information content (AvgIpc) is 3.61. The molecule has 2 aromatic heterocycles. The Morgan fingerprint density at radius 3 is 2.55 bits per heavy atom. The van der Waals surface area contributed by atoms with Gasteiger partial charge in [-0.15, -0.1) is 10.2 Å². The van der Waals surface area contributed by atoms with E-state index in [1.165, 1.54) is 0 Å². The average molecular weight is 441 g/mol. The zero-order valence-electron chi connectivity index (χ0n) is 18.1. The molecule has 1 fully saturated rings. The lowest BCUT2D eigenvalue weighted by molar-refractivity contribution is -0.117. The van der Waals surface area contributed by atoms with Crippen molar-refractivity contribution in [3.63, 3.8) is 0 Å². The van der Waals surface area contributed by atoms with Crippen molar-refractivity contribution in [2.75, 3.05) is 17.2 Å². The van der Waals surface area contributed by atoms with Gasteiger partial charge in [-0.05, 0) is 56.2 Å². The highest BCUT2D eigenvalue weighted by molar-refractivity contribution is 6.05. The summed E-state index contributed by atoms with van der Waals surface area (Å²) in [5, 5.41) is 14.3. The highest BCUT2D eigenvalue weighted by Crippen LogP contribution is 2.30. The Kier molecular flexibility index (Phi) is 5.48. The molecule has 0 atom stereocenters. The van der Waals surface area contributed by atoms with Gasteiger partial charge in [-0.25, -0.2) is 0 Å². The molecule has 2 heterocycles. The Morgan fingerprint density at radius 2 is 1.79 bits per heavy atom. The normalized spacial score (nSPS) is 13.0. The molecule has 0 unspecified atom stereocenters. The SMILES string of the molecule is CCOc1ccccc1NC(=O)c1ccc(-c2nnc3ccc(NC(=O)C4CC4)cn23)cc1. The molecule has 2 N–H and O–H groups in total. The van der Waals surface area contributed by atoms with Crippen LogP contribution in [0, 0.1) is 5.92 Å². The summed E-state index contributed by atoms with van der Waals surface area (Å²) >= 11 is 0. The Morgan fingerprint density at radius 1 is 1.00 bits per heavy atom. The minimum atomic E-state index is -0.232. The standard InChI is InChI=1S/C25H23N5O3/c1-2-33-21-6-4-3-5-20(21)27-25(32)18-9-7-16(8-10-18)23-29-28-22-14-13-19(15-30(22)23)26-24(31)17-11-12-17/h3-10,13-15,17H,2,11-12H2,1H3,(H,26,31)(H,27,32). The number of ether oxygens (including phenoxy) is 1. The molecule has 8 heteroatoms. The molecule has 1 saturated carbocycles. The number of rotatable bonds is 7. The molecule has 0 saturated heterocycles. The maximum Gasteiger partial charge on any atom is 0.255 e. The second kappa shape index (κ2) is 8.74. The van der Waals surface area contributed by atoms with Crippen molar-refractivity contribution < 1.29 is 14.3 Å². The van der Waals surface area contributed by atoms with Gasteiger partial charge in [0.2, 0.25) is 5.91 Å². The van der Waals surface area contributed by atoms with Crippen LogP contribution in [0.3, 0.4) is 0 Å². The molecular formula is C25H23N5O3. The molecule has 33 heavy (non-hydrogen) atoms. The number of amides is 2. The number of benzene rings is 2. The molecule has 1 aliphatic carbocycles. The number of fused-ring (bicyclic) bond motifs is 1. The predicted octanol–water partition coefficient (Wildman–Crippen LogP) is 4.40. The highest BCUT2D eigenvalue weighted by Gasteiger charge is 2.29. The van der Waals surface area contributed by atoms with Crippen LogP contribution in [-0.2, 0) is 4.79 Å². The first-order valence-electron chi connectivity index (χ1n) is 10.9. The molecule has 0 bridgehead atoms. The summed E-state index contributed by atoms with van der Waals surface area (Å²) in [5.74, 6) is 1.20. The number of para-hydroxylation sites is 2. The molecule has 1 aliphatic rings. The number of hydrogen-bond acceptors (Lipinski definition) is 5. The first kappa shape index (κ1) is 20.7. The van der Waals surface area contributed by atoms with Crippen LogP contribution in [0.1, 0.15) is 30.1 Å². The van der Waals surface area contributed by atoms with E-state index < -0.39 is 0 Å². The summed E-state index contributed by atoms with van der Waals surface area (Å²) < 4.78 is 7.40. The van der Waals surface area contributed by atoms with Crippen LogP contribution in [0.2, 0.25) is 0 Å². The third kappa shape index (κ3) is 4.41. The second-order valence-electron chi connectivity index (χ2n) is 7.89. The van der Waals surface area contributed by atoms with Crippen molar-refractivity contribution in [2.45, 2.75) is 19.8 Å². The summed E-state index contributed by atoms with van der Waals surface area (Å²) in [6, 6.07) is 18.1. The highest BCUT2D eigenvalue weighted by atomic mass is 16.5. The van der Waals surface area contributed by atoms with Crippen LogP contribution in [-0.4, -0.2) is 33.0 Å². The van der Waals surface area contributed by atoms with Crippen molar-refractivity contribution in [1.29, 1.82) is 0 Å². The molecule has 8 nitrogen and oxygen atoms in total. The molecular weight excluding hydrogens is 418 g/mol. The Balaban J connectivity index is 1.36. The smallest absolute Gasteiger partial charge is 0.255 e. The van der Waals surface area contributed by atoms with Gasteiger partial charge in [-0.1, -0.05) is 24.3 Å². The van der Waals surface area contributed by atoms with Crippen molar-refractivity contribution >= 4 is 28.8 Å². The first-order valence-corrected chi connectivity index (χ1v) is 10.9. The lowest BCUT2D eigenvalue weighted by Crippen LogP contribution is -2.13. The molecule has 2 aromatic carbocycles. The van der Waals surface area contributed by atoms with Crippen LogP contribution in [0.15, 0.2) is 66.9 Å². The minimum Gasteiger partial charge on any atom is -0.492 e. The van der Waals surface area contributed by atoms with Gasteiger partial charge in [0.05, 0.1) is 18.0 Å². The second-order valence-corrected chi connectivity index (χ2v) is 7.89. The van der Waals surface area contributed by atoms with E-state index in [1.54, 1.807) is 18.2 Å². The maximum atomic E-state index is 12.7. The number of carbonyl (C=O) groups excluding carboxylic acids is 2. The van der Waals surface area contributed by atoms with E-state index in [0.29, 0.717) is 40.8 Å². The topological polar surface area (TPSA) is 97.6 Å². The van der Waals surface area contributed by atoms with E-state index in [-0.39, 0.29) is 17.7 Å². The van der Waals surface area contributed by atoms with Gasteiger partial charge in [0.1, 0.15) is 5.75 Å². The third-order valence-corrected chi connectivity index (χ3v) is 5.46. The van der Waals surface area contributed by atoms with Crippen molar-refractivity contribution in [2.24, 2.45) is 5.92 Å². The van der Waals surface area contributed by atoms with Crippen LogP contribution in [0.5, 0.6) is 5.75 Å². The van der Waals surface area contributed by atoms with Gasteiger partial charge in [-0.2, -0.15) is 0 Å². The van der Waals surface area contributed by atoms with Gasteiger partial charge in [0.25, 0.3) is 5.91 Å². The van der Waals surface area contributed by atoms with Crippen molar-refractivity contribution in [1.82, 2.24) is 14.6 Å². The van der Waals surface area contributed by atoms with E-state index >= 15 is 0 Å². The first-order chi connectivity index (χ1) is 16.1. The van der Waals surface area contributed by atoms with Gasteiger partial charge < -0.3 is 15.4 Å². The van der Waals surface area contributed by atoms with Crippen molar-refractivity contribution in [3.05, 3.63) is 72.4 Å². The Bertz CT molecular complexity index is 1330. The summed E-state index contributed by atoms with van der Waals surface area (Å²) in [7, 11) is 0. The lowest BCUT2D eigenvalue weighted by atomic mass is 10.1. The molecule has 0 aliphatic heterocycles. The number of aromatic nitrogens is 3.